The van der Waals surface area contributed by atoms with Gasteiger partial charge >= 0.3 is 12.0 Å². The summed E-state index contributed by atoms with van der Waals surface area (Å²) in [7, 11) is 1.42. The van der Waals surface area contributed by atoms with Gasteiger partial charge in [-0.1, -0.05) is 40.2 Å². The summed E-state index contributed by atoms with van der Waals surface area (Å²) in [6.07, 6.45) is 4.09. The van der Waals surface area contributed by atoms with E-state index in [1.807, 2.05) is 24.3 Å². The molecule has 0 bridgehead atoms. The molecular formula is C24H30BrN3O3. The molecule has 0 fully saturated rings. The number of nitrogens with zero attached hydrogens (tertiary/aromatic N) is 2. The number of ether oxygens (including phenoxy) is 1. The van der Waals surface area contributed by atoms with Crippen molar-refractivity contribution in [2.45, 2.75) is 38.1 Å². The number of rotatable bonds is 10. The van der Waals surface area contributed by atoms with E-state index >= 15 is 0 Å². The van der Waals surface area contributed by atoms with Crippen LogP contribution >= 0.6 is 15.9 Å². The lowest BCUT2D eigenvalue weighted by Gasteiger charge is -2.30. The van der Waals surface area contributed by atoms with Crippen molar-refractivity contribution in [1.29, 1.82) is 0 Å². The van der Waals surface area contributed by atoms with Gasteiger partial charge in [-0.3, -0.25) is 14.6 Å². The van der Waals surface area contributed by atoms with E-state index in [2.05, 4.69) is 45.1 Å². The Morgan fingerprint density at radius 3 is 2.48 bits per heavy atom. The van der Waals surface area contributed by atoms with Gasteiger partial charge in [0.15, 0.2) is 0 Å². The Morgan fingerprint density at radius 1 is 1.06 bits per heavy atom. The number of carbonyl (C=O) groups is 2. The van der Waals surface area contributed by atoms with Gasteiger partial charge in [0.25, 0.3) is 0 Å². The zero-order valence-electron chi connectivity index (χ0n) is 17.9. The first-order valence-corrected chi connectivity index (χ1v) is 11.5. The summed E-state index contributed by atoms with van der Waals surface area (Å²) in [6, 6.07) is 16.0. The minimum Gasteiger partial charge on any atom is -0.469 e. The first kappa shape index (κ1) is 23.3. The molecular weight excluding hydrogens is 458 g/mol. The molecule has 31 heavy (non-hydrogen) atoms. The maximum Gasteiger partial charge on any atom is 0.319 e. The summed E-state index contributed by atoms with van der Waals surface area (Å²) in [4.78, 5) is 27.7. The topological polar surface area (TPSA) is 75.9 Å². The lowest BCUT2D eigenvalue weighted by atomic mass is 10.1. The third kappa shape index (κ3) is 6.31. The number of methoxy groups -OCH3 is 1. The van der Waals surface area contributed by atoms with Gasteiger partial charge in [0.05, 0.1) is 7.11 Å². The highest BCUT2D eigenvalue weighted by Gasteiger charge is 2.27. The molecule has 2 amide bonds. The predicted molar refractivity (Wildman–Crippen MR) is 126 cm³/mol. The molecule has 0 saturated carbocycles. The summed E-state index contributed by atoms with van der Waals surface area (Å²) in [5.41, 5.74) is 9.22. The van der Waals surface area contributed by atoms with E-state index in [0.717, 1.165) is 48.9 Å². The number of aryl methyl sites for hydroxylation is 1. The van der Waals surface area contributed by atoms with Gasteiger partial charge in [-0.2, -0.15) is 0 Å². The van der Waals surface area contributed by atoms with Gasteiger partial charge in [-0.05, 0) is 67.6 Å². The maximum absolute atomic E-state index is 12.0. The van der Waals surface area contributed by atoms with Gasteiger partial charge in [0.1, 0.15) is 0 Å². The molecule has 2 N–H and O–H groups in total. The van der Waals surface area contributed by atoms with Gasteiger partial charge < -0.3 is 10.5 Å². The van der Waals surface area contributed by atoms with E-state index in [0.29, 0.717) is 19.0 Å². The third-order valence-corrected chi connectivity index (χ3v) is 6.36. The molecule has 0 radical (unpaired) electrons. The fourth-order valence-electron chi connectivity index (χ4n) is 4.29. The van der Waals surface area contributed by atoms with E-state index in [1.165, 1.54) is 18.2 Å². The molecule has 0 spiro atoms. The Hall–Kier alpha value is -2.38. The van der Waals surface area contributed by atoms with Crippen molar-refractivity contribution in [3.05, 3.63) is 64.1 Å². The van der Waals surface area contributed by atoms with Crippen LogP contribution in [0.5, 0.6) is 0 Å². The van der Waals surface area contributed by atoms with Gasteiger partial charge in [0, 0.05) is 35.7 Å². The number of nitrogens with two attached hydrogens (primary N) is 1. The second kappa shape index (κ2) is 11.3. The molecule has 166 valence electrons. The van der Waals surface area contributed by atoms with E-state index in [9.17, 15) is 9.59 Å². The second-order valence-corrected chi connectivity index (χ2v) is 8.70. The Balaban J connectivity index is 1.65. The average Bonchev–Trinajstić information content (AvgIpc) is 3.20. The van der Waals surface area contributed by atoms with Gasteiger partial charge in [-0.15, -0.1) is 0 Å². The van der Waals surface area contributed by atoms with Crippen LogP contribution < -0.4 is 10.6 Å². The minimum absolute atomic E-state index is 0.179. The largest absolute Gasteiger partial charge is 0.469 e. The Kier molecular flexibility index (Phi) is 8.49. The van der Waals surface area contributed by atoms with Crippen LogP contribution in [0.25, 0.3) is 0 Å². The Morgan fingerprint density at radius 2 is 1.77 bits per heavy atom. The molecule has 0 aromatic heterocycles. The number of fused-ring (bicyclic) bond motifs is 1. The molecule has 0 heterocycles. The molecule has 1 aliphatic rings. The van der Waals surface area contributed by atoms with E-state index in [1.54, 1.807) is 4.90 Å². The van der Waals surface area contributed by atoms with Crippen LogP contribution in [-0.2, 0) is 16.0 Å². The summed E-state index contributed by atoms with van der Waals surface area (Å²) in [6.45, 7) is 2.17. The summed E-state index contributed by atoms with van der Waals surface area (Å²) >= 11 is 3.42. The van der Waals surface area contributed by atoms with Crippen molar-refractivity contribution in [1.82, 2.24) is 4.90 Å². The van der Waals surface area contributed by atoms with Crippen molar-refractivity contribution in [2.75, 3.05) is 31.6 Å². The van der Waals surface area contributed by atoms with Crippen molar-refractivity contribution in [3.8, 4) is 0 Å². The molecule has 3 rings (SSSR count). The van der Waals surface area contributed by atoms with Crippen LogP contribution in [-0.4, -0.2) is 43.6 Å². The average molecular weight is 488 g/mol. The summed E-state index contributed by atoms with van der Waals surface area (Å²) < 4.78 is 5.75. The zero-order chi connectivity index (χ0) is 22.2. The summed E-state index contributed by atoms with van der Waals surface area (Å²) in [5.74, 6) is -0.179. The van der Waals surface area contributed by atoms with Crippen LogP contribution in [0.1, 0.15) is 42.9 Å². The fraction of sp³-hybridized carbons (Fsp3) is 0.417. The number of primary amides is 1. The Bertz CT molecular complexity index is 888. The fourth-order valence-corrected chi connectivity index (χ4v) is 4.55. The monoisotopic (exact) mass is 487 g/mol. The highest BCUT2D eigenvalue weighted by molar-refractivity contribution is 9.10. The molecule has 1 unspecified atom stereocenters. The first-order chi connectivity index (χ1) is 15.0. The smallest absolute Gasteiger partial charge is 0.319 e. The molecule has 2 aromatic carbocycles. The molecule has 1 atom stereocenters. The zero-order valence-corrected chi connectivity index (χ0v) is 19.5. The number of halogens is 1. The van der Waals surface area contributed by atoms with Crippen LogP contribution in [0.15, 0.2) is 53.0 Å². The van der Waals surface area contributed by atoms with Crippen LogP contribution in [0, 0.1) is 0 Å². The lowest BCUT2D eigenvalue weighted by Crippen LogP contribution is -2.38. The normalized spacial score (nSPS) is 15.0. The number of amides is 2. The third-order valence-electron chi connectivity index (χ3n) is 5.83. The quantitative estimate of drug-likeness (QED) is 0.494. The van der Waals surface area contributed by atoms with Crippen LogP contribution in [0.2, 0.25) is 0 Å². The predicted octanol–water partition coefficient (Wildman–Crippen LogP) is 4.67. The highest BCUT2D eigenvalue weighted by atomic mass is 79.9. The van der Waals surface area contributed by atoms with Crippen molar-refractivity contribution >= 4 is 33.6 Å². The molecule has 2 aromatic rings. The number of hydrogen-bond donors (Lipinski definition) is 1. The van der Waals surface area contributed by atoms with Gasteiger partial charge in [0.2, 0.25) is 0 Å². The number of anilines is 1. The van der Waals surface area contributed by atoms with Crippen LogP contribution in [0.4, 0.5) is 10.5 Å². The summed E-state index contributed by atoms with van der Waals surface area (Å²) in [5, 5.41) is 0. The lowest BCUT2D eigenvalue weighted by molar-refractivity contribution is -0.140. The Labute approximate surface area is 192 Å². The number of carbonyl (C=O) groups excluding carboxylic acids is 2. The van der Waals surface area contributed by atoms with Gasteiger partial charge in [-0.25, -0.2) is 4.79 Å². The maximum atomic E-state index is 12.0. The standard InChI is InChI=1S/C24H30BrN3O3/c1-31-23(29)8-4-15-27(22-14-9-18-6-2-3-7-21(18)22)16-5-17-28(24(26)30)20-12-10-19(25)11-13-20/h2-3,6-7,10-13,22H,4-5,8-9,14-17H2,1H3,(H2,26,30). The number of esters is 1. The van der Waals surface area contributed by atoms with Crippen molar-refractivity contribution in [2.24, 2.45) is 5.73 Å². The van der Waals surface area contributed by atoms with E-state index in [4.69, 9.17) is 10.5 Å². The van der Waals surface area contributed by atoms with E-state index < -0.39 is 6.03 Å². The number of hydrogen-bond acceptors (Lipinski definition) is 4. The first-order valence-electron chi connectivity index (χ1n) is 10.7. The van der Waals surface area contributed by atoms with Crippen LogP contribution in [0.3, 0.4) is 0 Å². The highest BCUT2D eigenvalue weighted by Crippen LogP contribution is 2.35. The van der Waals surface area contributed by atoms with Crippen molar-refractivity contribution in [3.63, 3.8) is 0 Å². The molecule has 7 heteroatoms. The number of benzene rings is 2. The molecule has 6 nitrogen and oxygen atoms in total. The molecule has 1 aliphatic carbocycles. The number of urea groups is 1. The molecule has 0 saturated heterocycles. The SMILES string of the molecule is COC(=O)CCCN(CCCN(C(N)=O)c1ccc(Br)cc1)C1CCc2ccccc21. The second-order valence-electron chi connectivity index (χ2n) is 7.79. The van der Waals surface area contributed by atoms with E-state index in [-0.39, 0.29) is 5.97 Å². The minimum atomic E-state index is -0.453. The molecule has 0 aliphatic heterocycles. The van der Waals surface area contributed by atoms with Crippen molar-refractivity contribution < 1.29 is 14.3 Å².